The van der Waals surface area contributed by atoms with Crippen molar-refractivity contribution in [1.82, 2.24) is 4.90 Å². The van der Waals surface area contributed by atoms with Crippen molar-refractivity contribution in [2.75, 3.05) is 19.7 Å². The lowest BCUT2D eigenvalue weighted by Crippen LogP contribution is -2.47. The molecule has 1 aromatic carbocycles. The molecule has 0 bridgehead atoms. The minimum atomic E-state index is -0.291. The fraction of sp³-hybridized carbons (Fsp3) is 0.739. The Labute approximate surface area is 159 Å². The number of benzene rings is 1. The van der Waals surface area contributed by atoms with Crippen molar-refractivity contribution in [3.8, 4) is 5.75 Å². The van der Waals surface area contributed by atoms with Crippen LogP contribution in [0.1, 0.15) is 82.6 Å². The molecular formula is C23H37NO2. The van der Waals surface area contributed by atoms with Crippen LogP contribution in [0.15, 0.2) is 24.3 Å². The molecule has 26 heavy (non-hydrogen) atoms. The molecule has 1 saturated carbocycles. The number of hydrogen-bond acceptors (Lipinski definition) is 3. The maximum Gasteiger partial charge on any atom is 0.122 e. The number of nitrogens with zero attached hydrogens (tertiary/aromatic N) is 1. The highest BCUT2D eigenvalue weighted by molar-refractivity contribution is 5.37. The number of aliphatic hydroxyl groups excluding tert-OH is 1. The van der Waals surface area contributed by atoms with Crippen molar-refractivity contribution in [3.05, 3.63) is 29.8 Å². The normalized spacial score (nSPS) is 27.2. The molecule has 3 heteroatoms. The Morgan fingerprint density at radius 3 is 2.27 bits per heavy atom. The molecule has 3 rings (SSSR count). The van der Waals surface area contributed by atoms with E-state index in [0.29, 0.717) is 12.6 Å². The Morgan fingerprint density at radius 2 is 1.62 bits per heavy atom. The van der Waals surface area contributed by atoms with Crippen molar-refractivity contribution in [3.63, 3.8) is 0 Å². The molecule has 1 aliphatic carbocycles. The number of ether oxygens (including phenoxy) is 1. The van der Waals surface area contributed by atoms with Crippen molar-refractivity contribution in [2.45, 2.75) is 89.2 Å². The number of hydrogen-bond donors (Lipinski definition) is 1. The standard InChI is InChI=1S/C23H37NO2/c1-2-26-23-15-11-10-14-21(23)20-16-17-24(18-22(20)25)19-12-8-6-4-3-5-7-9-13-19/h10-11,14-15,19-20,22,25H,2-9,12-13,16-18H2,1H3. The second-order valence-electron chi connectivity index (χ2n) is 8.13. The lowest BCUT2D eigenvalue weighted by Gasteiger charge is -2.41. The van der Waals surface area contributed by atoms with Crippen LogP contribution in [-0.2, 0) is 0 Å². The van der Waals surface area contributed by atoms with Gasteiger partial charge in [-0.2, -0.15) is 0 Å². The predicted octanol–water partition coefficient (Wildman–Crippen LogP) is 5.13. The third-order valence-corrected chi connectivity index (χ3v) is 6.32. The summed E-state index contributed by atoms with van der Waals surface area (Å²) in [5.41, 5.74) is 1.19. The van der Waals surface area contributed by atoms with Crippen LogP contribution in [0.2, 0.25) is 0 Å². The van der Waals surface area contributed by atoms with Gasteiger partial charge in [-0.05, 0) is 44.4 Å². The van der Waals surface area contributed by atoms with E-state index in [0.717, 1.165) is 25.3 Å². The van der Waals surface area contributed by atoms with Gasteiger partial charge in [0, 0.05) is 18.5 Å². The van der Waals surface area contributed by atoms with Gasteiger partial charge in [-0.25, -0.2) is 0 Å². The van der Waals surface area contributed by atoms with Gasteiger partial charge in [0.05, 0.1) is 12.7 Å². The molecule has 1 aliphatic heterocycles. The van der Waals surface area contributed by atoms with E-state index in [1.165, 1.54) is 63.4 Å². The van der Waals surface area contributed by atoms with Gasteiger partial charge in [-0.1, -0.05) is 63.1 Å². The predicted molar refractivity (Wildman–Crippen MR) is 108 cm³/mol. The van der Waals surface area contributed by atoms with Crippen LogP contribution in [0.5, 0.6) is 5.75 Å². The molecule has 2 unspecified atom stereocenters. The third kappa shape index (κ3) is 5.23. The van der Waals surface area contributed by atoms with E-state index in [2.05, 4.69) is 17.0 Å². The van der Waals surface area contributed by atoms with Crippen molar-refractivity contribution in [2.24, 2.45) is 0 Å². The largest absolute Gasteiger partial charge is 0.494 e. The number of rotatable bonds is 4. The van der Waals surface area contributed by atoms with Crippen LogP contribution in [0.25, 0.3) is 0 Å². The number of β-amino-alcohol motifs (C(OH)–C–C–N with tert-alkyl or cyclic N) is 1. The zero-order valence-corrected chi connectivity index (χ0v) is 16.5. The monoisotopic (exact) mass is 359 g/mol. The molecule has 1 heterocycles. The topological polar surface area (TPSA) is 32.7 Å². The first kappa shape index (κ1) is 19.7. The molecule has 0 aromatic heterocycles. The molecule has 1 aromatic rings. The minimum absolute atomic E-state index is 0.202. The van der Waals surface area contributed by atoms with E-state index in [-0.39, 0.29) is 12.0 Å². The number of para-hydroxylation sites is 1. The Bertz CT molecular complexity index is 523. The van der Waals surface area contributed by atoms with E-state index in [1.54, 1.807) is 0 Å². The van der Waals surface area contributed by atoms with Crippen LogP contribution in [-0.4, -0.2) is 41.8 Å². The first-order valence-corrected chi connectivity index (χ1v) is 10.9. The van der Waals surface area contributed by atoms with Gasteiger partial charge in [0.25, 0.3) is 0 Å². The van der Waals surface area contributed by atoms with Crippen LogP contribution in [0.4, 0.5) is 0 Å². The summed E-state index contributed by atoms with van der Waals surface area (Å²) < 4.78 is 5.81. The van der Waals surface area contributed by atoms with E-state index in [9.17, 15) is 5.11 Å². The summed E-state index contributed by atoms with van der Waals surface area (Å²) in [6.45, 7) is 4.62. The SMILES string of the molecule is CCOc1ccccc1C1CCN(C2CCCCCCCCC2)CC1O. The Morgan fingerprint density at radius 1 is 0.962 bits per heavy atom. The fourth-order valence-electron chi connectivity index (χ4n) is 4.88. The van der Waals surface area contributed by atoms with E-state index in [4.69, 9.17) is 4.74 Å². The summed E-state index contributed by atoms with van der Waals surface area (Å²) >= 11 is 0. The highest BCUT2D eigenvalue weighted by Crippen LogP contribution is 2.36. The minimum Gasteiger partial charge on any atom is -0.494 e. The highest BCUT2D eigenvalue weighted by Gasteiger charge is 2.33. The lowest BCUT2D eigenvalue weighted by atomic mass is 9.85. The summed E-state index contributed by atoms with van der Waals surface area (Å²) in [7, 11) is 0. The number of likely N-dealkylation sites (tertiary alicyclic amines) is 1. The average Bonchev–Trinajstić information content (AvgIpc) is 2.67. The van der Waals surface area contributed by atoms with Gasteiger partial charge in [-0.15, -0.1) is 0 Å². The van der Waals surface area contributed by atoms with Crippen LogP contribution in [0.3, 0.4) is 0 Å². The van der Waals surface area contributed by atoms with Gasteiger partial charge in [0.15, 0.2) is 0 Å². The Hall–Kier alpha value is -1.06. The summed E-state index contributed by atoms with van der Waals surface area (Å²) in [6, 6.07) is 8.94. The van der Waals surface area contributed by atoms with Crippen molar-refractivity contribution in [1.29, 1.82) is 0 Å². The molecule has 0 radical (unpaired) electrons. The number of piperidine rings is 1. The first-order valence-electron chi connectivity index (χ1n) is 10.9. The van der Waals surface area contributed by atoms with E-state index >= 15 is 0 Å². The molecule has 2 atom stereocenters. The second kappa shape index (κ2) is 10.3. The molecule has 3 nitrogen and oxygen atoms in total. The molecule has 1 N–H and O–H groups in total. The maximum atomic E-state index is 10.9. The molecule has 1 saturated heterocycles. The van der Waals surface area contributed by atoms with Gasteiger partial charge in [0.1, 0.15) is 5.75 Å². The summed E-state index contributed by atoms with van der Waals surface area (Å²) in [5, 5.41) is 10.9. The van der Waals surface area contributed by atoms with E-state index in [1.807, 2.05) is 19.1 Å². The summed E-state index contributed by atoms with van der Waals surface area (Å²) in [4.78, 5) is 2.59. The number of aliphatic hydroxyl groups is 1. The zero-order valence-electron chi connectivity index (χ0n) is 16.5. The fourth-order valence-corrected chi connectivity index (χ4v) is 4.88. The van der Waals surface area contributed by atoms with Crippen LogP contribution in [0, 0.1) is 0 Å². The Balaban J connectivity index is 1.62. The molecule has 2 fully saturated rings. The smallest absolute Gasteiger partial charge is 0.122 e. The van der Waals surface area contributed by atoms with Crippen LogP contribution < -0.4 is 4.74 Å². The van der Waals surface area contributed by atoms with Crippen LogP contribution >= 0.6 is 0 Å². The molecule has 0 spiro atoms. The maximum absolute atomic E-state index is 10.9. The van der Waals surface area contributed by atoms with Crippen molar-refractivity contribution < 1.29 is 9.84 Å². The van der Waals surface area contributed by atoms with Gasteiger partial charge < -0.3 is 9.84 Å². The summed E-state index contributed by atoms with van der Waals surface area (Å²) in [5.74, 6) is 1.15. The first-order chi connectivity index (χ1) is 12.8. The van der Waals surface area contributed by atoms with E-state index < -0.39 is 0 Å². The van der Waals surface area contributed by atoms with Gasteiger partial charge in [-0.3, -0.25) is 4.90 Å². The molecule has 0 amide bonds. The highest BCUT2D eigenvalue weighted by atomic mass is 16.5. The molecule has 2 aliphatic rings. The average molecular weight is 360 g/mol. The Kier molecular flexibility index (Phi) is 7.82. The van der Waals surface area contributed by atoms with Crippen molar-refractivity contribution >= 4 is 0 Å². The van der Waals surface area contributed by atoms with Gasteiger partial charge >= 0.3 is 0 Å². The lowest BCUT2D eigenvalue weighted by molar-refractivity contribution is 0.0233. The molecular weight excluding hydrogens is 322 g/mol. The zero-order chi connectivity index (χ0) is 18.2. The quantitative estimate of drug-likeness (QED) is 0.809. The second-order valence-corrected chi connectivity index (χ2v) is 8.13. The summed E-state index contributed by atoms with van der Waals surface area (Å²) in [6.07, 6.45) is 13.1. The molecule has 146 valence electrons. The van der Waals surface area contributed by atoms with Gasteiger partial charge in [0.2, 0.25) is 0 Å². The third-order valence-electron chi connectivity index (χ3n) is 6.32.